The summed E-state index contributed by atoms with van der Waals surface area (Å²) in [4.78, 5) is 18.5. The maximum atomic E-state index is 13.8. The molecule has 3 aromatic carbocycles. The Morgan fingerprint density at radius 1 is 0.927 bits per heavy atom. The number of para-hydroxylation sites is 1. The first-order valence-electron chi connectivity index (χ1n) is 13.9. The van der Waals surface area contributed by atoms with Crippen molar-refractivity contribution in [3.8, 4) is 0 Å². The van der Waals surface area contributed by atoms with Crippen LogP contribution in [0.2, 0.25) is 0 Å². The highest BCUT2D eigenvalue weighted by Gasteiger charge is 2.25. The van der Waals surface area contributed by atoms with E-state index in [1.165, 1.54) is 12.1 Å². The minimum Gasteiger partial charge on any atom is -0.381 e. The first kappa shape index (κ1) is 27.3. The molecule has 2 aliphatic rings. The zero-order chi connectivity index (χ0) is 28.4. The quantitative estimate of drug-likeness (QED) is 0.343. The number of carbonyl (C=O) groups is 1. The van der Waals surface area contributed by atoms with Gasteiger partial charge in [-0.3, -0.25) is 4.79 Å². The number of likely N-dealkylation sites (N-methyl/N-ethyl adjacent to an activating group) is 1. The molecule has 41 heavy (non-hydrogen) atoms. The number of carbonyl (C=O) groups excluding carboxylic acids is 1. The number of aromatic nitrogens is 2. The summed E-state index contributed by atoms with van der Waals surface area (Å²) in [7, 11) is -1.85. The number of hydrogen-bond donors (Lipinski definition) is 2. The number of fused-ring (bicyclic) bond motifs is 1. The van der Waals surface area contributed by atoms with Crippen molar-refractivity contribution in [1.29, 1.82) is 0 Å². The van der Waals surface area contributed by atoms with Crippen molar-refractivity contribution in [3.05, 3.63) is 78.4 Å². The lowest BCUT2D eigenvalue weighted by molar-refractivity contribution is 0.0904. The Kier molecular flexibility index (Phi) is 7.65. The van der Waals surface area contributed by atoms with Gasteiger partial charge in [-0.05, 0) is 62.4 Å². The summed E-state index contributed by atoms with van der Waals surface area (Å²) >= 11 is 0. The van der Waals surface area contributed by atoms with Crippen LogP contribution in [0, 0.1) is 0 Å². The Labute approximate surface area is 239 Å². The first-order valence-corrected chi connectivity index (χ1v) is 15.4. The van der Waals surface area contributed by atoms with Crippen LogP contribution in [0.25, 0.3) is 10.9 Å². The monoisotopic (exact) mass is 574 g/mol. The molecular formula is C30H34N6O4S. The summed E-state index contributed by atoms with van der Waals surface area (Å²) < 4.78 is 33.4. The Morgan fingerprint density at radius 2 is 1.63 bits per heavy atom. The van der Waals surface area contributed by atoms with Gasteiger partial charge in [0.15, 0.2) is 5.82 Å². The molecule has 0 saturated carbocycles. The van der Waals surface area contributed by atoms with E-state index in [1.54, 1.807) is 42.5 Å². The molecule has 4 aromatic rings. The van der Waals surface area contributed by atoms with Crippen LogP contribution in [0.5, 0.6) is 0 Å². The van der Waals surface area contributed by atoms with E-state index in [1.807, 2.05) is 18.2 Å². The smallest absolute Gasteiger partial charge is 0.283 e. The van der Waals surface area contributed by atoms with E-state index < -0.39 is 10.0 Å². The molecule has 2 fully saturated rings. The summed E-state index contributed by atoms with van der Waals surface area (Å²) in [6, 6.07) is 21.2. The highest BCUT2D eigenvalue weighted by atomic mass is 32.2. The van der Waals surface area contributed by atoms with Crippen LogP contribution < -0.4 is 15.5 Å². The molecule has 0 atom stereocenters. The minimum absolute atomic E-state index is 0.119. The van der Waals surface area contributed by atoms with E-state index in [2.05, 4.69) is 32.6 Å². The number of hydrogen-bond acceptors (Lipinski definition) is 8. The Hall–Kier alpha value is -3.93. The van der Waals surface area contributed by atoms with Crippen LogP contribution in [0.1, 0.15) is 23.2 Å². The molecule has 1 amide bonds. The van der Waals surface area contributed by atoms with E-state index in [0.29, 0.717) is 29.7 Å². The molecule has 1 aromatic heterocycles. The molecular weight excluding hydrogens is 540 g/mol. The molecule has 0 radical (unpaired) electrons. The molecule has 3 heterocycles. The fourth-order valence-electron chi connectivity index (χ4n) is 5.35. The number of anilines is 3. The van der Waals surface area contributed by atoms with Gasteiger partial charge < -0.3 is 25.2 Å². The van der Waals surface area contributed by atoms with Gasteiger partial charge in [0.1, 0.15) is 0 Å². The van der Waals surface area contributed by atoms with Crippen LogP contribution >= 0.6 is 0 Å². The standard InChI is InChI=1S/C30H34N6O4S/c1-34-15-17-35(18-16-34)23-11-12-25(27(21-23)31-22-13-19-40-20-14-22)30(37)32-29-26-9-5-6-10-28(26)36(33-29)41(38,39)24-7-3-2-4-8-24/h2-12,21-22,31H,13-20H2,1H3,(H,32,33,37). The second-order valence-corrected chi connectivity index (χ2v) is 12.3. The summed E-state index contributed by atoms with van der Waals surface area (Å²) in [6.45, 7) is 5.14. The normalized spacial score (nSPS) is 17.0. The molecule has 214 valence electrons. The largest absolute Gasteiger partial charge is 0.381 e. The molecule has 0 bridgehead atoms. The fraction of sp³-hybridized carbons (Fsp3) is 0.333. The number of ether oxygens (including phenoxy) is 1. The van der Waals surface area contributed by atoms with E-state index in [4.69, 9.17) is 4.74 Å². The molecule has 11 heteroatoms. The zero-order valence-electron chi connectivity index (χ0n) is 23.0. The Balaban J connectivity index is 1.34. The van der Waals surface area contributed by atoms with Crippen molar-refractivity contribution in [2.75, 3.05) is 62.0 Å². The third kappa shape index (κ3) is 5.65. The molecule has 2 aliphatic heterocycles. The number of piperazine rings is 1. The number of nitrogens with one attached hydrogen (secondary N) is 2. The number of benzene rings is 3. The third-order valence-electron chi connectivity index (χ3n) is 7.75. The summed E-state index contributed by atoms with van der Waals surface area (Å²) in [6.07, 6.45) is 1.71. The SMILES string of the molecule is CN1CCN(c2ccc(C(=O)Nc3nn(S(=O)(=O)c4ccccc4)c4ccccc34)c(NC3CCOCC3)c2)CC1. The molecule has 0 aliphatic carbocycles. The van der Waals surface area contributed by atoms with Crippen LogP contribution in [-0.2, 0) is 14.8 Å². The molecule has 0 unspecified atom stereocenters. The van der Waals surface area contributed by atoms with Crippen molar-refractivity contribution < 1.29 is 17.9 Å². The lowest BCUT2D eigenvalue weighted by Gasteiger charge is -2.34. The van der Waals surface area contributed by atoms with Crippen molar-refractivity contribution in [1.82, 2.24) is 14.1 Å². The van der Waals surface area contributed by atoms with Crippen LogP contribution in [-0.4, -0.2) is 80.9 Å². The van der Waals surface area contributed by atoms with Crippen molar-refractivity contribution in [2.24, 2.45) is 0 Å². The van der Waals surface area contributed by atoms with Gasteiger partial charge >= 0.3 is 0 Å². The molecule has 2 N–H and O–H groups in total. The zero-order valence-corrected chi connectivity index (χ0v) is 23.8. The van der Waals surface area contributed by atoms with Gasteiger partial charge in [0.25, 0.3) is 15.9 Å². The number of nitrogens with zero attached hydrogens (tertiary/aromatic N) is 4. The second kappa shape index (κ2) is 11.5. The number of rotatable bonds is 7. The fourth-order valence-corrected chi connectivity index (χ4v) is 6.66. The molecule has 10 nitrogen and oxygen atoms in total. The molecule has 0 spiro atoms. The Bertz CT molecular complexity index is 1640. The summed E-state index contributed by atoms with van der Waals surface area (Å²) in [5.41, 5.74) is 2.66. The second-order valence-electron chi connectivity index (χ2n) is 10.5. The van der Waals surface area contributed by atoms with Crippen LogP contribution in [0.4, 0.5) is 17.2 Å². The Morgan fingerprint density at radius 3 is 2.39 bits per heavy atom. The summed E-state index contributed by atoms with van der Waals surface area (Å²) in [5, 5.41) is 11.4. The van der Waals surface area contributed by atoms with E-state index in [0.717, 1.165) is 54.5 Å². The predicted molar refractivity (Wildman–Crippen MR) is 160 cm³/mol. The van der Waals surface area contributed by atoms with Gasteiger partial charge in [-0.25, -0.2) is 0 Å². The van der Waals surface area contributed by atoms with E-state index >= 15 is 0 Å². The third-order valence-corrected chi connectivity index (χ3v) is 9.36. The predicted octanol–water partition coefficient (Wildman–Crippen LogP) is 3.87. The van der Waals surface area contributed by atoms with Gasteiger partial charge in [-0.1, -0.05) is 30.3 Å². The summed E-state index contributed by atoms with van der Waals surface area (Å²) in [5.74, 6) is -0.178. The van der Waals surface area contributed by atoms with Gasteiger partial charge in [-0.15, -0.1) is 5.10 Å². The van der Waals surface area contributed by atoms with Crippen molar-refractivity contribution in [2.45, 2.75) is 23.8 Å². The topological polar surface area (TPSA) is 109 Å². The van der Waals surface area contributed by atoms with Crippen molar-refractivity contribution >= 4 is 44.0 Å². The average Bonchev–Trinajstić information content (AvgIpc) is 3.37. The van der Waals surface area contributed by atoms with Gasteiger partial charge in [0.05, 0.1) is 16.0 Å². The average molecular weight is 575 g/mol. The van der Waals surface area contributed by atoms with Gasteiger partial charge in [0, 0.05) is 62.2 Å². The van der Waals surface area contributed by atoms with Crippen LogP contribution in [0.15, 0.2) is 77.7 Å². The maximum Gasteiger partial charge on any atom is 0.283 e. The van der Waals surface area contributed by atoms with Crippen LogP contribution in [0.3, 0.4) is 0 Å². The molecule has 2 saturated heterocycles. The lowest BCUT2D eigenvalue weighted by atomic mass is 10.1. The highest BCUT2D eigenvalue weighted by molar-refractivity contribution is 7.90. The minimum atomic E-state index is -3.97. The first-order chi connectivity index (χ1) is 19.9. The molecule has 6 rings (SSSR count). The van der Waals surface area contributed by atoms with E-state index in [-0.39, 0.29) is 22.7 Å². The number of amides is 1. The highest BCUT2D eigenvalue weighted by Crippen LogP contribution is 2.30. The van der Waals surface area contributed by atoms with E-state index in [9.17, 15) is 13.2 Å². The maximum absolute atomic E-state index is 13.8. The van der Waals surface area contributed by atoms with Gasteiger partial charge in [-0.2, -0.15) is 12.5 Å². The lowest BCUT2D eigenvalue weighted by Crippen LogP contribution is -2.44. The van der Waals surface area contributed by atoms with Gasteiger partial charge in [0.2, 0.25) is 0 Å². The van der Waals surface area contributed by atoms with Crippen molar-refractivity contribution in [3.63, 3.8) is 0 Å².